The molecule has 1 atom stereocenters. The van der Waals surface area contributed by atoms with E-state index < -0.39 is 5.60 Å². The van der Waals surface area contributed by atoms with Crippen LogP contribution in [0.15, 0.2) is 10.9 Å². The van der Waals surface area contributed by atoms with Crippen molar-refractivity contribution >= 4 is 6.09 Å². The SMILES string of the molecule is CCc1cc(C2CCCN(C(=O)OC(C)(C)C)C2)n[nH]c1=O. The molecule has 22 heavy (non-hydrogen) atoms. The molecule has 2 heterocycles. The summed E-state index contributed by atoms with van der Waals surface area (Å²) in [6.07, 6.45) is 2.26. The number of H-pyrrole nitrogens is 1. The maximum atomic E-state index is 12.2. The van der Waals surface area contributed by atoms with Crippen LogP contribution in [0.1, 0.15) is 57.7 Å². The fraction of sp³-hybridized carbons (Fsp3) is 0.688. The first-order valence-electron chi connectivity index (χ1n) is 7.86. The molecule has 0 bridgehead atoms. The Bertz CT molecular complexity index is 589. The van der Waals surface area contributed by atoms with Gasteiger partial charge in [-0.1, -0.05) is 6.92 Å². The Morgan fingerprint density at radius 1 is 1.50 bits per heavy atom. The third-order valence-electron chi connectivity index (χ3n) is 3.77. The van der Waals surface area contributed by atoms with Crippen molar-refractivity contribution in [2.45, 2.75) is 58.5 Å². The van der Waals surface area contributed by atoms with Gasteiger partial charge in [0.2, 0.25) is 0 Å². The van der Waals surface area contributed by atoms with Crippen LogP contribution in [0.25, 0.3) is 0 Å². The van der Waals surface area contributed by atoms with Crippen LogP contribution in [0.4, 0.5) is 4.79 Å². The number of carbonyl (C=O) groups excluding carboxylic acids is 1. The number of ether oxygens (including phenoxy) is 1. The fourth-order valence-electron chi connectivity index (χ4n) is 2.65. The molecule has 0 aliphatic carbocycles. The highest BCUT2D eigenvalue weighted by atomic mass is 16.6. The van der Waals surface area contributed by atoms with E-state index in [-0.39, 0.29) is 17.6 Å². The number of amides is 1. The van der Waals surface area contributed by atoms with Gasteiger partial charge in [0.25, 0.3) is 5.56 Å². The largest absolute Gasteiger partial charge is 0.444 e. The second-order valence-corrected chi connectivity index (χ2v) is 6.77. The number of nitrogens with one attached hydrogen (secondary N) is 1. The fourth-order valence-corrected chi connectivity index (χ4v) is 2.65. The molecule has 1 N–H and O–H groups in total. The zero-order valence-corrected chi connectivity index (χ0v) is 13.8. The number of carbonyl (C=O) groups is 1. The summed E-state index contributed by atoms with van der Waals surface area (Å²) >= 11 is 0. The van der Waals surface area contributed by atoms with Crippen LogP contribution in [0.3, 0.4) is 0 Å². The number of aryl methyl sites for hydroxylation is 1. The molecule has 0 radical (unpaired) electrons. The van der Waals surface area contributed by atoms with Gasteiger partial charge in [-0.15, -0.1) is 0 Å². The first-order valence-corrected chi connectivity index (χ1v) is 7.86. The van der Waals surface area contributed by atoms with E-state index >= 15 is 0 Å². The second kappa shape index (κ2) is 6.50. The van der Waals surface area contributed by atoms with Gasteiger partial charge < -0.3 is 9.64 Å². The molecule has 1 fully saturated rings. The van der Waals surface area contributed by atoms with Crippen molar-refractivity contribution in [3.63, 3.8) is 0 Å². The first kappa shape index (κ1) is 16.5. The van der Waals surface area contributed by atoms with Crippen molar-refractivity contribution in [2.75, 3.05) is 13.1 Å². The van der Waals surface area contributed by atoms with Gasteiger partial charge in [0.15, 0.2) is 0 Å². The number of nitrogens with zero attached hydrogens (tertiary/aromatic N) is 2. The molecule has 0 spiro atoms. The predicted molar refractivity (Wildman–Crippen MR) is 84.0 cm³/mol. The van der Waals surface area contributed by atoms with Crippen LogP contribution in [0.5, 0.6) is 0 Å². The molecule has 1 amide bonds. The van der Waals surface area contributed by atoms with Crippen LogP contribution in [0.2, 0.25) is 0 Å². The van der Waals surface area contributed by atoms with Gasteiger partial charge in [-0.05, 0) is 46.1 Å². The number of likely N-dealkylation sites (tertiary alicyclic amines) is 1. The van der Waals surface area contributed by atoms with E-state index in [1.54, 1.807) is 4.90 Å². The minimum absolute atomic E-state index is 0.133. The smallest absolute Gasteiger partial charge is 0.410 e. The van der Waals surface area contributed by atoms with Gasteiger partial charge in [-0.25, -0.2) is 9.89 Å². The van der Waals surface area contributed by atoms with Gasteiger partial charge in [0.05, 0.1) is 5.69 Å². The third-order valence-corrected chi connectivity index (χ3v) is 3.77. The highest BCUT2D eigenvalue weighted by Gasteiger charge is 2.29. The summed E-state index contributed by atoms with van der Waals surface area (Å²) in [6.45, 7) is 8.82. The number of aromatic amines is 1. The minimum Gasteiger partial charge on any atom is -0.444 e. The van der Waals surface area contributed by atoms with E-state index in [4.69, 9.17) is 4.74 Å². The van der Waals surface area contributed by atoms with Crippen LogP contribution in [-0.2, 0) is 11.2 Å². The molecular formula is C16H25N3O3. The Morgan fingerprint density at radius 3 is 2.86 bits per heavy atom. The van der Waals surface area contributed by atoms with Gasteiger partial charge in [-0.3, -0.25) is 4.79 Å². The Labute approximate surface area is 130 Å². The van der Waals surface area contributed by atoms with Crippen molar-refractivity contribution in [1.29, 1.82) is 0 Å². The number of hydrogen-bond acceptors (Lipinski definition) is 4. The quantitative estimate of drug-likeness (QED) is 0.910. The molecule has 6 nitrogen and oxygen atoms in total. The Hall–Kier alpha value is -1.85. The normalized spacial score (nSPS) is 19.1. The van der Waals surface area contributed by atoms with Crippen LogP contribution in [-0.4, -0.2) is 39.9 Å². The lowest BCUT2D eigenvalue weighted by atomic mass is 9.94. The zero-order valence-electron chi connectivity index (χ0n) is 13.8. The number of hydrogen-bond donors (Lipinski definition) is 1. The summed E-state index contributed by atoms with van der Waals surface area (Å²) in [5.74, 6) is 0.142. The van der Waals surface area contributed by atoms with Crippen LogP contribution in [0, 0.1) is 0 Å². The Balaban J connectivity index is 2.10. The lowest BCUT2D eigenvalue weighted by molar-refractivity contribution is 0.0197. The average Bonchev–Trinajstić information content (AvgIpc) is 2.46. The molecule has 1 aliphatic heterocycles. The predicted octanol–water partition coefficient (Wildman–Crippen LogP) is 2.45. The van der Waals surface area contributed by atoms with Crippen LogP contribution < -0.4 is 5.56 Å². The molecule has 0 aromatic carbocycles. The highest BCUT2D eigenvalue weighted by Crippen LogP contribution is 2.26. The lowest BCUT2D eigenvalue weighted by Crippen LogP contribution is -2.42. The Kier molecular flexibility index (Phi) is 4.88. The van der Waals surface area contributed by atoms with E-state index in [0.29, 0.717) is 19.5 Å². The average molecular weight is 307 g/mol. The molecule has 2 rings (SSSR count). The molecule has 1 aromatic heterocycles. The highest BCUT2D eigenvalue weighted by molar-refractivity contribution is 5.68. The van der Waals surface area contributed by atoms with Gasteiger partial charge in [0.1, 0.15) is 5.60 Å². The van der Waals surface area contributed by atoms with Crippen LogP contribution >= 0.6 is 0 Å². The number of aromatic nitrogens is 2. The van der Waals surface area contributed by atoms with E-state index in [1.807, 2.05) is 33.8 Å². The molecule has 1 aliphatic rings. The third kappa shape index (κ3) is 4.08. The van der Waals surface area contributed by atoms with Gasteiger partial charge in [0, 0.05) is 24.6 Å². The topological polar surface area (TPSA) is 75.3 Å². The second-order valence-electron chi connectivity index (χ2n) is 6.77. The number of piperidine rings is 1. The summed E-state index contributed by atoms with van der Waals surface area (Å²) in [5, 5.41) is 6.72. The lowest BCUT2D eigenvalue weighted by Gasteiger charge is -2.33. The maximum absolute atomic E-state index is 12.2. The molecular weight excluding hydrogens is 282 g/mol. The van der Waals surface area contributed by atoms with Crippen molar-refractivity contribution in [3.8, 4) is 0 Å². The maximum Gasteiger partial charge on any atom is 0.410 e. The van der Waals surface area contributed by atoms with Crippen molar-refractivity contribution in [2.24, 2.45) is 0 Å². The van der Waals surface area contributed by atoms with E-state index in [1.165, 1.54) is 0 Å². The first-order chi connectivity index (χ1) is 10.3. The molecule has 1 aromatic rings. The summed E-state index contributed by atoms with van der Waals surface area (Å²) in [6, 6.07) is 1.86. The van der Waals surface area contributed by atoms with E-state index in [9.17, 15) is 9.59 Å². The Morgan fingerprint density at radius 2 is 2.23 bits per heavy atom. The summed E-state index contributed by atoms with van der Waals surface area (Å²) in [7, 11) is 0. The molecule has 122 valence electrons. The zero-order chi connectivity index (χ0) is 16.3. The molecule has 1 unspecified atom stereocenters. The molecule has 1 saturated heterocycles. The van der Waals surface area contributed by atoms with Crippen molar-refractivity contribution < 1.29 is 9.53 Å². The van der Waals surface area contributed by atoms with E-state index in [2.05, 4.69) is 10.2 Å². The minimum atomic E-state index is -0.490. The molecule has 0 saturated carbocycles. The van der Waals surface area contributed by atoms with Gasteiger partial charge >= 0.3 is 6.09 Å². The molecule has 6 heteroatoms. The summed E-state index contributed by atoms with van der Waals surface area (Å²) < 4.78 is 5.43. The van der Waals surface area contributed by atoms with E-state index in [0.717, 1.165) is 24.1 Å². The van der Waals surface area contributed by atoms with Crippen molar-refractivity contribution in [3.05, 3.63) is 27.7 Å². The standard InChI is InChI=1S/C16H25N3O3/c1-5-11-9-13(17-18-14(11)20)12-7-6-8-19(10-12)15(21)22-16(2,3)4/h9,12H,5-8,10H2,1-4H3,(H,18,20). The summed E-state index contributed by atoms with van der Waals surface area (Å²) in [5.41, 5.74) is 0.963. The number of rotatable bonds is 2. The van der Waals surface area contributed by atoms with Gasteiger partial charge in [-0.2, -0.15) is 5.10 Å². The monoisotopic (exact) mass is 307 g/mol. The summed E-state index contributed by atoms with van der Waals surface area (Å²) in [4.78, 5) is 25.5. The van der Waals surface area contributed by atoms with Crippen molar-refractivity contribution in [1.82, 2.24) is 15.1 Å².